The molecular weight excluding hydrogens is 242 g/mol. The molecular formula is C15H23NO3. The first-order chi connectivity index (χ1) is 8.84. The Morgan fingerprint density at radius 1 is 1.32 bits per heavy atom. The quantitative estimate of drug-likeness (QED) is 0.795. The number of carbonyl (C=O) groups is 1. The molecule has 4 nitrogen and oxygen atoms in total. The van der Waals surface area contributed by atoms with Gasteiger partial charge in [0.1, 0.15) is 0 Å². The summed E-state index contributed by atoms with van der Waals surface area (Å²) in [4.78, 5) is 12.7. The van der Waals surface area contributed by atoms with Crippen LogP contribution in [0.4, 0.5) is 5.69 Å². The Bertz CT molecular complexity index is 412. The van der Waals surface area contributed by atoms with Crippen molar-refractivity contribution in [1.82, 2.24) is 0 Å². The highest BCUT2D eigenvalue weighted by atomic mass is 16.4. The average Bonchev–Trinajstić information content (AvgIpc) is 2.35. The van der Waals surface area contributed by atoms with Crippen molar-refractivity contribution in [1.29, 1.82) is 0 Å². The Balaban J connectivity index is 2.85. The lowest BCUT2D eigenvalue weighted by Crippen LogP contribution is -2.41. The molecule has 0 aliphatic heterocycles. The molecule has 4 heteroatoms. The number of anilines is 1. The Labute approximate surface area is 114 Å². The summed E-state index contributed by atoms with van der Waals surface area (Å²) in [5, 5.41) is 19.0. The van der Waals surface area contributed by atoms with E-state index >= 15 is 0 Å². The van der Waals surface area contributed by atoms with Gasteiger partial charge in [-0.25, -0.2) is 0 Å². The second-order valence-electron chi connectivity index (χ2n) is 5.25. The fourth-order valence-corrected chi connectivity index (χ4v) is 1.81. The number of hydrogen-bond acceptors (Lipinski definition) is 3. The molecule has 0 aliphatic rings. The molecule has 1 aromatic rings. The summed E-state index contributed by atoms with van der Waals surface area (Å²) in [5.41, 5.74) is 1.29. The van der Waals surface area contributed by atoms with Crippen LogP contribution in [0, 0.1) is 6.92 Å². The molecule has 0 fully saturated rings. The number of aliphatic carboxylic acids is 1. The fourth-order valence-electron chi connectivity index (χ4n) is 1.81. The molecule has 0 spiro atoms. The van der Waals surface area contributed by atoms with E-state index in [1.165, 1.54) is 0 Å². The van der Waals surface area contributed by atoms with Crippen LogP contribution in [0.15, 0.2) is 24.3 Å². The van der Waals surface area contributed by atoms with Crippen molar-refractivity contribution in [2.24, 2.45) is 0 Å². The molecule has 1 unspecified atom stereocenters. The van der Waals surface area contributed by atoms with Gasteiger partial charge in [0.2, 0.25) is 0 Å². The van der Waals surface area contributed by atoms with Crippen LogP contribution < -0.4 is 4.90 Å². The van der Waals surface area contributed by atoms with E-state index in [0.717, 1.165) is 11.3 Å². The van der Waals surface area contributed by atoms with Gasteiger partial charge in [-0.2, -0.15) is 0 Å². The van der Waals surface area contributed by atoms with E-state index in [-0.39, 0.29) is 6.42 Å². The minimum Gasteiger partial charge on any atom is -0.481 e. The summed E-state index contributed by atoms with van der Waals surface area (Å²) in [6.07, 6.45) is 0.691. The van der Waals surface area contributed by atoms with E-state index < -0.39 is 11.6 Å². The van der Waals surface area contributed by atoms with Crippen LogP contribution >= 0.6 is 0 Å². The molecule has 0 radical (unpaired) electrons. The number of hydrogen-bond donors (Lipinski definition) is 2. The van der Waals surface area contributed by atoms with Crippen molar-refractivity contribution in [3.05, 3.63) is 29.8 Å². The lowest BCUT2D eigenvalue weighted by Gasteiger charge is -2.32. The standard InChI is InChI=1S/C15H23NO3/c1-4-15(3,19)11-16(10-9-14(17)18)13-7-5-12(2)6-8-13/h5-8,19H,4,9-11H2,1-3H3,(H,17,18). The van der Waals surface area contributed by atoms with Crippen LogP contribution in [-0.2, 0) is 4.79 Å². The maximum atomic E-state index is 10.7. The van der Waals surface area contributed by atoms with Gasteiger partial charge in [0.15, 0.2) is 0 Å². The third-order valence-corrected chi connectivity index (χ3v) is 3.29. The van der Waals surface area contributed by atoms with E-state index in [9.17, 15) is 9.90 Å². The van der Waals surface area contributed by atoms with Crippen LogP contribution in [0.1, 0.15) is 32.3 Å². The molecule has 0 amide bonds. The second kappa shape index (κ2) is 6.57. The smallest absolute Gasteiger partial charge is 0.305 e. The highest BCUT2D eigenvalue weighted by Gasteiger charge is 2.22. The molecule has 0 aromatic heterocycles. The minimum absolute atomic E-state index is 0.0632. The monoisotopic (exact) mass is 265 g/mol. The second-order valence-corrected chi connectivity index (χ2v) is 5.25. The zero-order chi connectivity index (χ0) is 14.5. The number of aliphatic hydroxyl groups is 1. The highest BCUT2D eigenvalue weighted by molar-refractivity contribution is 5.67. The van der Waals surface area contributed by atoms with Gasteiger partial charge >= 0.3 is 5.97 Å². The van der Waals surface area contributed by atoms with Crippen molar-refractivity contribution in [2.45, 2.75) is 39.2 Å². The molecule has 0 saturated heterocycles. The van der Waals surface area contributed by atoms with Gasteiger partial charge in [0.05, 0.1) is 12.0 Å². The molecule has 0 aliphatic carbocycles. The van der Waals surface area contributed by atoms with E-state index in [4.69, 9.17) is 5.11 Å². The summed E-state index contributed by atoms with van der Waals surface area (Å²) >= 11 is 0. The van der Waals surface area contributed by atoms with E-state index in [0.29, 0.717) is 19.5 Å². The Morgan fingerprint density at radius 2 is 1.89 bits per heavy atom. The fraction of sp³-hybridized carbons (Fsp3) is 0.533. The number of rotatable bonds is 7. The molecule has 1 atom stereocenters. The lowest BCUT2D eigenvalue weighted by atomic mass is 10.0. The molecule has 19 heavy (non-hydrogen) atoms. The van der Waals surface area contributed by atoms with Gasteiger partial charge in [-0.3, -0.25) is 4.79 Å². The Kier molecular flexibility index (Phi) is 5.36. The highest BCUT2D eigenvalue weighted by Crippen LogP contribution is 2.20. The van der Waals surface area contributed by atoms with E-state index in [1.54, 1.807) is 6.92 Å². The van der Waals surface area contributed by atoms with Crippen molar-refractivity contribution < 1.29 is 15.0 Å². The van der Waals surface area contributed by atoms with Crippen LogP contribution in [0.25, 0.3) is 0 Å². The largest absolute Gasteiger partial charge is 0.481 e. The Morgan fingerprint density at radius 3 is 2.37 bits per heavy atom. The first kappa shape index (κ1) is 15.5. The van der Waals surface area contributed by atoms with Gasteiger partial charge in [-0.1, -0.05) is 24.6 Å². The summed E-state index contributed by atoms with van der Waals surface area (Å²) in [6, 6.07) is 7.90. The van der Waals surface area contributed by atoms with Crippen molar-refractivity contribution in [3.8, 4) is 0 Å². The zero-order valence-corrected chi connectivity index (χ0v) is 11.9. The lowest BCUT2D eigenvalue weighted by molar-refractivity contribution is -0.136. The predicted octanol–water partition coefficient (Wildman–Crippen LogP) is 2.44. The zero-order valence-electron chi connectivity index (χ0n) is 11.9. The van der Waals surface area contributed by atoms with E-state index in [2.05, 4.69) is 0 Å². The van der Waals surface area contributed by atoms with Gasteiger partial charge in [-0.15, -0.1) is 0 Å². The summed E-state index contributed by atoms with van der Waals surface area (Å²) in [5.74, 6) is -0.826. The topological polar surface area (TPSA) is 60.8 Å². The summed E-state index contributed by atoms with van der Waals surface area (Å²) < 4.78 is 0. The van der Waals surface area contributed by atoms with Crippen LogP contribution in [-0.4, -0.2) is 34.9 Å². The van der Waals surface area contributed by atoms with Gasteiger partial charge in [-0.05, 0) is 32.4 Å². The third-order valence-electron chi connectivity index (χ3n) is 3.29. The van der Waals surface area contributed by atoms with Gasteiger partial charge in [0.25, 0.3) is 0 Å². The van der Waals surface area contributed by atoms with Crippen LogP contribution in [0.2, 0.25) is 0 Å². The predicted molar refractivity (Wildman–Crippen MR) is 76.6 cm³/mol. The van der Waals surface area contributed by atoms with Gasteiger partial charge in [0, 0.05) is 18.8 Å². The van der Waals surface area contributed by atoms with Crippen molar-refractivity contribution in [2.75, 3.05) is 18.0 Å². The first-order valence-corrected chi connectivity index (χ1v) is 6.60. The molecule has 0 saturated carbocycles. The maximum absolute atomic E-state index is 10.7. The third kappa shape index (κ3) is 5.30. The molecule has 1 aromatic carbocycles. The molecule has 0 bridgehead atoms. The van der Waals surface area contributed by atoms with Gasteiger partial charge < -0.3 is 15.1 Å². The van der Waals surface area contributed by atoms with Crippen LogP contribution in [0.5, 0.6) is 0 Å². The van der Waals surface area contributed by atoms with E-state index in [1.807, 2.05) is 43.0 Å². The summed E-state index contributed by atoms with van der Waals surface area (Å²) in [7, 11) is 0. The average molecular weight is 265 g/mol. The minimum atomic E-state index is -0.826. The number of aryl methyl sites for hydroxylation is 1. The molecule has 1 rings (SSSR count). The molecule has 0 heterocycles. The number of nitrogens with zero attached hydrogens (tertiary/aromatic N) is 1. The maximum Gasteiger partial charge on any atom is 0.305 e. The number of carboxylic acid groups (broad SMARTS) is 1. The van der Waals surface area contributed by atoms with Crippen LogP contribution in [0.3, 0.4) is 0 Å². The number of benzene rings is 1. The van der Waals surface area contributed by atoms with Crippen molar-refractivity contribution in [3.63, 3.8) is 0 Å². The van der Waals surface area contributed by atoms with Crippen molar-refractivity contribution >= 4 is 11.7 Å². The molecule has 2 N–H and O–H groups in total. The molecule has 106 valence electrons. The Hall–Kier alpha value is -1.55. The normalized spacial score (nSPS) is 13.9. The SMILES string of the molecule is CCC(C)(O)CN(CCC(=O)O)c1ccc(C)cc1. The summed E-state index contributed by atoms with van der Waals surface area (Å²) in [6.45, 7) is 6.53. The number of carboxylic acids is 1. The first-order valence-electron chi connectivity index (χ1n) is 6.60.